The third-order valence-corrected chi connectivity index (χ3v) is 3.26. The minimum absolute atomic E-state index is 0.317. The highest BCUT2D eigenvalue weighted by Gasteiger charge is 2.15. The highest BCUT2D eigenvalue weighted by Crippen LogP contribution is 2.29. The van der Waals surface area contributed by atoms with E-state index in [1.165, 1.54) is 0 Å². The van der Waals surface area contributed by atoms with E-state index in [1.54, 1.807) is 18.2 Å². The summed E-state index contributed by atoms with van der Waals surface area (Å²) in [4.78, 5) is 12.1. The van der Waals surface area contributed by atoms with E-state index in [2.05, 4.69) is 12.6 Å². The lowest BCUT2D eigenvalue weighted by molar-refractivity contribution is -0.108. The van der Waals surface area contributed by atoms with Crippen molar-refractivity contribution < 1.29 is 4.79 Å². The first-order valence-corrected chi connectivity index (χ1v) is 6.03. The summed E-state index contributed by atoms with van der Waals surface area (Å²) < 4.78 is 0. The molecule has 0 radical (unpaired) electrons. The number of aldehydes is 1. The van der Waals surface area contributed by atoms with Crippen molar-refractivity contribution >= 4 is 30.5 Å². The molecule has 0 heterocycles. The van der Waals surface area contributed by atoms with Gasteiger partial charge in [-0.2, -0.15) is 0 Å². The molecule has 0 spiro atoms. The molecule has 2 aromatic carbocycles. The molecule has 2 aromatic rings. The summed E-state index contributed by atoms with van der Waals surface area (Å²) in [6, 6.07) is 14.9. The molecule has 0 N–H and O–H groups in total. The van der Waals surface area contributed by atoms with Crippen LogP contribution in [0.5, 0.6) is 0 Å². The first-order valence-electron chi connectivity index (χ1n) is 5.21. The van der Waals surface area contributed by atoms with Crippen LogP contribution < -0.4 is 0 Å². The van der Waals surface area contributed by atoms with Crippen LogP contribution in [0.4, 0.5) is 0 Å². The Hall–Kier alpha value is -1.25. The first-order chi connectivity index (χ1) is 8.22. The van der Waals surface area contributed by atoms with Gasteiger partial charge < -0.3 is 4.79 Å². The Kier molecular flexibility index (Phi) is 3.87. The average molecular weight is 263 g/mol. The number of hydrogen-bond acceptors (Lipinski definition) is 2. The Bertz CT molecular complexity index is 525. The lowest BCUT2D eigenvalue weighted by Gasteiger charge is -2.13. The van der Waals surface area contributed by atoms with Crippen LogP contribution in [0.2, 0.25) is 5.02 Å². The van der Waals surface area contributed by atoms with Crippen LogP contribution >= 0.6 is 24.2 Å². The maximum atomic E-state index is 11.3. The minimum atomic E-state index is -0.317. The first kappa shape index (κ1) is 12.2. The Morgan fingerprint density at radius 3 is 2.47 bits per heavy atom. The van der Waals surface area contributed by atoms with Gasteiger partial charge in [0.1, 0.15) is 6.29 Å². The molecule has 86 valence electrons. The molecule has 0 saturated heterocycles. The molecular weight excluding hydrogens is 252 g/mol. The summed E-state index contributed by atoms with van der Waals surface area (Å²) >= 11 is 10.3. The van der Waals surface area contributed by atoms with Crippen LogP contribution in [0.1, 0.15) is 17.0 Å². The summed E-state index contributed by atoms with van der Waals surface area (Å²) in [7, 11) is 0. The SMILES string of the molecule is O=CC(c1ccccc1)c1cc(Cl)ccc1S. The quantitative estimate of drug-likeness (QED) is 0.655. The predicted molar refractivity (Wildman–Crippen MR) is 73.1 cm³/mol. The second-order valence-electron chi connectivity index (χ2n) is 3.73. The molecule has 0 fully saturated rings. The zero-order chi connectivity index (χ0) is 12.3. The summed E-state index contributed by atoms with van der Waals surface area (Å²) in [5.74, 6) is -0.317. The lowest BCUT2D eigenvalue weighted by atomic mass is 9.93. The van der Waals surface area contributed by atoms with Gasteiger partial charge in [0.05, 0.1) is 5.92 Å². The van der Waals surface area contributed by atoms with E-state index < -0.39 is 0 Å². The van der Waals surface area contributed by atoms with E-state index >= 15 is 0 Å². The molecule has 2 rings (SSSR count). The summed E-state index contributed by atoms with van der Waals surface area (Å²) in [6.07, 6.45) is 0.917. The van der Waals surface area contributed by atoms with Crippen molar-refractivity contribution in [1.29, 1.82) is 0 Å². The Labute approximate surface area is 111 Å². The number of rotatable bonds is 3. The van der Waals surface area contributed by atoms with Gasteiger partial charge in [-0.25, -0.2) is 0 Å². The van der Waals surface area contributed by atoms with E-state index in [9.17, 15) is 4.79 Å². The molecule has 0 bridgehead atoms. The molecule has 0 aliphatic rings. The molecule has 17 heavy (non-hydrogen) atoms. The van der Waals surface area contributed by atoms with Gasteiger partial charge in [-0.1, -0.05) is 41.9 Å². The maximum absolute atomic E-state index is 11.3. The molecule has 0 amide bonds. The number of halogens is 1. The zero-order valence-electron chi connectivity index (χ0n) is 9.01. The minimum Gasteiger partial charge on any atom is -0.302 e. The third-order valence-electron chi connectivity index (χ3n) is 2.62. The topological polar surface area (TPSA) is 17.1 Å². The van der Waals surface area contributed by atoms with E-state index in [0.717, 1.165) is 22.3 Å². The molecule has 1 atom stereocenters. The number of carbonyl (C=O) groups is 1. The van der Waals surface area contributed by atoms with Crippen molar-refractivity contribution in [1.82, 2.24) is 0 Å². The Morgan fingerprint density at radius 2 is 1.82 bits per heavy atom. The van der Waals surface area contributed by atoms with Crippen molar-refractivity contribution in [2.24, 2.45) is 0 Å². The molecule has 0 aromatic heterocycles. The molecule has 0 aliphatic carbocycles. The van der Waals surface area contributed by atoms with Gasteiger partial charge >= 0.3 is 0 Å². The van der Waals surface area contributed by atoms with E-state index in [0.29, 0.717) is 5.02 Å². The molecule has 1 unspecified atom stereocenters. The van der Waals surface area contributed by atoms with Crippen LogP contribution in [-0.4, -0.2) is 6.29 Å². The van der Waals surface area contributed by atoms with Crippen LogP contribution in [0, 0.1) is 0 Å². The number of benzene rings is 2. The second kappa shape index (κ2) is 5.39. The van der Waals surface area contributed by atoms with E-state index in [1.807, 2.05) is 30.3 Å². The Balaban J connectivity index is 2.49. The monoisotopic (exact) mass is 262 g/mol. The van der Waals surface area contributed by atoms with Gasteiger partial charge in [-0.3, -0.25) is 0 Å². The number of carbonyl (C=O) groups excluding carboxylic acids is 1. The summed E-state index contributed by atoms with van der Waals surface area (Å²) in [5.41, 5.74) is 1.78. The van der Waals surface area contributed by atoms with Crippen molar-refractivity contribution in [3.63, 3.8) is 0 Å². The summed E-state index contributed by atoms with van der Waals surface area (Å²) in [6.45, 7) is 0. The van der Waals surface area contributed by atoms with Crippen LogP contribution in [0.3, 0.4) is 0 Å². The van der Waals surface area contributed by atoms with Crippen LogP contribution in [-0.2, 0) is 4.79 Å². The van der Waals surface area contributed by atoms with Gasteiger partial charge in [-0.05, 0) is 29.3 Å². The normalized spacial score (nSPS) is 12.1. The van der Waals surface area contributed by atoms with Crippen molar-refractivity contribution in [3.8, 4) is 0 Å². The van der Waals surface area contributed by atoms with Crippen molar-refractivity contribution in [3.05, 3.63) is 64.7 Å². The summed E-state index contributed by atoms with van der Waals surface area (Å²) in [5, 5.41) is 0.612. The van der Waals surface area contributed by atoms with Crippen molar-refractivity contribution in [2.45, 2.75) is 10.8 Å². The predicted octanol–water partition coefficient (Wildman–Crippen LogP) is 3.96. The van der Waals surface area contributed by atoms with Gasteiger partial charge in [0.15, 0.2) is 0 Å². The van der Waals surface area contributed by atoms with Gasteiger partial charge in [0.2, 0.25) is 0 Å². The number of thiol groups is 1. The fourth-order valence-electron chi connectivity index (χ4n) is 1.77. The second-order valence-corrected chi connectivity index (χ2v) is 4.65. The molecule has 0 saturated carbocycles. The maximum Gasteiger partial charge on any atom is 0.131 e. The fraction of sp³-hybridized carbons (Fsp3) is 0.0714. The smallest absolute Gasteiger partial charge is 0.131 e. The largest absolute Gasteiger partial charge is 0.302 e. The van der Waals surface area contributed by atoms with Crippen LogP contribution in [0.25, 0.3) is 0 Å². The van der Waals surface area contributed by atoms with Crippen LogP contribution in [0.15, 0.2) is 53.4 Å². The van der Waals surface area contributed by atoms with Gasteiger partial charge in [-0.15, -0.1) is 12.6 Å². The standard InChI is InChI=1S/C14H11ClOS/c15-11-6-7-14(17)12(8-11)13(9-16)10-4-2-1-3-5-10/h1-9,13,17H. The van der Waals surface area contributed by atoms with Gasteiger partial charge in [0, 0.05) is 9.92 Å². The molecule has 3 heteroatoms. The van der Waals surface area contributed by atoms with Gasteiger partial charge in [0.25, 0.3) is 0 Å². The molecular formula is C14H11ClOS. The fourth-order valence-corrected chi connectivity index (χ4v) is 2.22. The lowest BCUT2D eigenvalue weighted by Crippen LogP contribution is -2.03. The van der Waals surface area contributed by atoms with E-state index in [-0.39, 0.29) is 5.92 Å². The number of hydrogen-bond donors (Lipinski definition) is 1. The third kappa shape index (κ3) is 2.71. The average Bonchev–Trinajstić information content (AvgIpc) is 2.36. The Morgan fingerprint density at radius 1 is 1.12 bits per heavy atom. The van der Waals surface area contributed by atoms with E-state index in [4.69, 9.17) is 11.6 Å². The highest BCUT2D eigenvalue weighted by molar-refractivity contribution is 7.80. The molecule has 1 nitrogen and oxygen atoms in total. The van der Waals surface area contributed by atoms with Crippen molar-refractivity contribution in [2.75, 3.05) is 0 Å². The molecule has 0 aliphatic heterocycles. The zero-order valence-corrected chi connectivity index (χ0v) is 10.7. The highest BCUT2D eigenvalue weighted by atomic mass is 35.5.